The Morgan fingerprint density at radius 2 is 1.65 bits per heavy atom. The van der Waals surface area contributed by atoms with Gasteiger partial charge < -0.3 is 14.9 Å². The van der Waals surface area contributed by atoms with Gasteiger partial charge in [-0.05, 0) is 116 Å². The van der Waals surface area contributed by atoms with Gasteiger partial charge in [-0.1, -0.05) is 47.1 Å². The van der Waals surface area contributed by atoms with Crippen molar-refractivity contribution in [3.63, 3.8) is 0 Å². The summed E-state index contributed by atoms with van der Waals surface area (Å²) in [5.74, 6) is -0.264. The summed E-state index contributed by atoms with van der Waals surface area (Å²) in [4.78, 5) is 38.5. The van der Waals surface area contributed by atoms with Gasteiger partial charge in [0, 0.05) is 18.9 Å². The molecule has 40 heavy (non-hydrogen) atoms. The number of ether oxygens (including phenoxy) is 1. The van der Waals surface area contributed by atoms with Crippen molar-refractivity contribution in [1.29, 1.82) is 0 Å². The molecule has 0 amide bonds. The summed E-state index contributed by atoms with van der Waals surface area (Å²) >= 11 is 0. The van der Waals surface area contributed by atoms with E-state index >= 15 is 0 Å². The van der Waals surface area contributed by atoms with Crippen LogP contribution in [0.25, 0.3) is 0 Å². The van der Waals surface area contributed by atoms with Crippen LogP contribution in [-0.4, -0.2) is 40.6 Å². The standard InChI is InChI=1S/C34H52O6/c1-20-10-13-30(3)16-17-32(5)22(27(30)21(20)2)19-23(35)28-31(4)14-12-25(40-18-8-9-26(36)37)34(7,29(38)39)24(31)11-15-33(28,32)6/h19-21,24-25,27-28H,8-18H2,1-7H3,(H,36,37)(H,38,39)/t20-,21+,24?,25-,27?,28?,30-,31+,32-,33-,34-/m1/s1. The Morgan fingerprint density at radius 1 is 0.950 bits per heavy atom. The number of carboxylic acid groups (broad SMARTS) is 2. The highest BCUT2D eigenvalue weighted by Crippen LogP contribution is 2.75. The second-order valence-corrected chi connectivity index (χ2v) is 15.8. The van der Waals surface area contributed by atoms with Crippen LogP contribution in [0.1, 0.15) is 113 Å². The van der Waals surface area contributed by atoms with Gasteiger partial charge >= 0.3 is 11.9 Å². The molecule has 5 aliphatic rings. The average molecular weight is 557 g/mol. The lowest BCUT2D eigenvalue weighted by molar-refractivity contribution is -0.221. The second-order valence-electron chi connectivity index (χ2n) is 15.8. The highest BCUT2D eigenvalue weighted by Gasteiger charge is 2.72. The molecule has 2 N–H and O–H groups in total. The first kappa shape index (κ1) is 29.8. The summed E-state index contributed by atoms with van der Waals surface area (Å²) in [5.41, 5.74) is -0.187. The number of fused-ring (bicyclic) bond motifs is 7. The number of allylic oxidation sites excluding steroid dienone is 2. The van der Waals surface area contributed by atoms with E-state index in [1.807, 2.05) is 6.92 Å². The summed E-state index contributed by atoms with van der Waals surface area (Å²) in [7, 11) is 0. The molecule has 5 rings (SSSR count). The lowest BCUT2D eigenvalue weighted by Crippen LogP contribution is -2.68. The maximum atomic E-state index is 14.5. The number of rotatable bonds is 6. The lowest BCUT2D eigenvalue weighted by Gasteiger charge is -2.70. The van der Waals surface area contributed by atoms with E-state index in [1.165, 1.54) is 24.8 Å². The molecule has 0 bridgehead atoms. The van der Waals surface area contributed by atoms with E-state index in [2.05, 4.69) is 47.6 Å². The third-order valence-corrected chi connectivity index (χ3v) is 14.1. The molecule has 3 unspecified atom stereocenters. The van der Waals surface area contributed by atoms with Crippen LogP contribution in [0.15, 0.2) is 11.6 Å². The summed E-state index contributed by atoms with van der Waals surface area (Å²) in [6.45, 7) is 16.4. The van der Waals surface area contributed by atoms with E-state index in [9.17, 15) is 19.5 Å². The molecule has 0 aromatic carbocycles. The van der Waals surface area contributed by atoms with Gasteiger partial charge in [-0.15, -0.1) is 0 Å². The van der Waals surface area contributed by atoms with Crippen LogP contribution < -0.4 is 0 Å². The molecule has 6 nitrogen and oxygen atoms in total. The summed E-state index contributed by atoms with van der Waals surface area (Å²) < 4.78 is 6.15. The van der Waals surface area contributed by atoms with Gasteiger partial charge in [0.1, 0.15) is 0 Å². The number of carboxylic acids is 2. The zero-order chi connectivity index (χ0) is 29.5. The summed E-state index contributed by atoms with van der Waals surface area (Å²) in [6.07, 6.45) is 9.69. The topological polar surface area (TPSA) is 101 Å². The Hall–Kier alpha value is -1.69. The zero-order valence-electron chi connectivity index (χ0n) is 25.8. The molecule has 224 valence electrons. The number of carbonyl (C=O) groups excluding carboxylic acids is 1. The van der Waals surface area contributed by atoms with Gasteiger partial charge in [-0.25, -0.2) is 0 Å². The van der Waals surface area contributed by atoms with Crippen LogP contribution in [0, 0.1) is 56.7 Å². The maximum absolute atomic E-state index is 14.5. The first-order chi connectivity index (χ1) is 18.6. The van der Waals surface area contributed by atoms with Crippen molar-refractivity contribution in [2.24, 2.45) is 56.7 Å². The predicted octanol–water partition coefficient (Wildman–Crippen LogP) is 7.16. The van der Waals surface area contributed by atoms with Crippen molar-refractivity contribution >= 4 is 17.7 Å². The van der Waals surface area contributed by atoms with Crippen molar-refractivity contribution in [2.45, 2.75) is 119 Å². The fourth-order valence-corrected chi connectivity index (χ4v) is 11.3. The van der Waals surface area contributed by atoms with E-state index in [0.717, 1.165) is 25.7 Å². The number of ketones is 1. The number of aliphatic carboxylic acids is 2. The number of hydrogen-bond donors (Lipinski definition) is 2. The van der Waals surface area contributed by atoms with Crippen molar-refractivity contribution in [2.75, 3.05) is 6.61 Å². The van der Waals surface area contributed by atoms with Crippen LogP contribution in [0.5, 0.6) is 0 Å². The Balaban J connectivity index is 1.52. The van der Waals surface area contributed by atoms with Crippen molar-refractivity contribution in [3.05, 3.63) is 11.6 Å². The molecule has 4 fully saturated rings. The van der Waals surface area contributed by atoms with Gasteiger partial charge in [-0.2, -0.15) is 0 Å². The second kappa shape index (κ2) is 9.67. The smallest absolute Gasteiger partial charge is 0.312 e. The SMILES string of the molecule is C[C@@H]1CC[C@]2(C)CC[C@]3(C)C(=CC(=O)C4[C@@]5(C)CC[C@@H](OCCCC(=O)O)[C@](C)(C(=O)O)C5CC[C@]43C)C2[C@H]1C. The highest BCUT2D eigenvalue weighted by atomic mass is 16.5. The van der Waals surface area contributed by atoms with Gasteiger partial charge in [0.25, 0.3) is 0 Å². The summed E-state index contributed by atoms with van der Waals surface area (Å²) in [5, 5.41) is 19.7. The third-order valence-electron chi connectivity index (χ3n) is 14.1. The monoisotopic (exact) mass is 556 g/mol. The molecule has 0 radical (unpaired) electrons. The largest absolute Gasteiger partial charge is 0.481 e. The maximum Gasteiger partial charge on any atom is 0.312 e. The molecule has 6 heteroatoms. The van der Waals surface area contributed by atoms with E-state index in [0.29, 0.717) is 30.6 Å². The zero-order valence-corrected chi connectivity index (χ0v) is 25.8. The molecule has 0 heterocycles. The van der Waals surface area contributed by atoms with E-state index < -0.39 is 28.9 Å². The van der Waals surface area contributed by atoms with Gasteiger partial charge in [-0.3, -0.25) is 14.4 Å². The average Bonchev–Trinajstić information content (AvgIpc) is 2.86. The first-order valence-corrected chi connectivity index (χ1v) is 15.9. The molecule has 5 aliphatic carbocycles. The molecule has 0 aromatic rings. The van der Waals surface area contributed by atoms with Crippen LogP contribution >= 0.6 is 0 Å². The molecular weight excluding hydrogens is 504 g/mol. The molecule has 0 aromatic heterocycles. The normalized spacial score (nSPS) is 50.1. The fourth-order valence-electron chi connectivity index (χ4n) is 11.3. The number of hydrogen-bond acceptors (Lipinski definition) is 4. The van der Waals surface area contributed by atoms with Crippen molar-refractivity contribution in [1.82, 2.24) is 0 Å². The van der Waals surface area contributed by atoms with Crippen LogP contribution in [0.2, 0.25) is 0 Å². The van der Waals surface area contributed by atoms with Gasteiger partial charge in [0.15, 0.2) is 5.78 Å². The molecular formula is C34H52O6. The minimum Gasteiger partial charge on any atom is -0.481 e. The Morgan fingerprint density at radius 3 is 2.30 bits per heavy atom. The number of carbonyl (C=O) groups is 3. The lowest BCUT2D eigenvalue weighted by atomic mass is 9.33. The van der Waals surface area contributed by atoms with Gasteiger partial charge in [0.05, 0.1) is 11.5 Å². The Labute approximate surface area is 240 Å². The van der Waals surface area contributed by atoms with E-state index in [-0.39, 0.29) is 46.9 Å². The summed E-state index contributed by atoms with van der Waals surface area (Å²) in [6, 6.07) is 0. The van der Waals surface area contributed by atoms with Crippen LogP contribution in [0.4, 0.5) is 0 Å². The highest BCUT2D eigenvalue weighted by molar-refractivity contribution is 5.96. The van der Waals surface area contributed by atoms with Gasteiger partial charge in [0.2, 0.25) is 0 Å². The molecule has 0 spiro atoms. The Bertz CT molecular complexity index is 1110. The van der Waals surface area contributed by atoms with Crippen molar-refractivity contribution < 1.29 is 29.3 Å². The third kappa shape index (κ3) is 3.93. The minimum absolute atomic E-state index is 0.0112. The molecule has 0 saturated heterocycles. The predicted molar refractivity (Wildman–Crippen MR) is 154 cm³/mol. The fraction of sp³-hybridized carbons (Fsp3) is 0.853. The molecule has 4 saturated carbocycles. The minimum atomic E-state index is -1.12. The van der Waals surface area contributed by atoms with Crippen molar-refractivity contribution in [3.8, 4) is 0 Å². The van der Waals surface area contributed by atoms with Crippen LogP contribution in [-0.2, 0) is 19.1 Å². The molecule has 11 atom stereocenters. The van der Waals surface area contributed by atoms with E-state index in [1.54, 1.807) is 0 Å². The van der Waals surface area contributed by atoms with Crippen LogP contribution in [0.3, 0.4) is 0 Å². The molecule has 0 aliphatic heterocycles. The quantitative estimate of drug-likeness (QED) is 0.337. The Kier molecular flexibility index (Phi) is 7.20. The first-order valence-electron chi connectivity index (χ1n) is 15.9. The van der Waals surface area contributed by atoms with E-state index in [4.69, 9.17) is 9.84 Å².